The van der Waals surface area contributed by atoms with Crippen LogP contribution in [0.3, 0.4) is 0 Å². The lowest BCUT2D eigenvalue weighted by Crippen LogP contribution is -2.15. The zero-order valence-electron chi connectivity index (χ0n) is 10.4. The van der Waals surface area contributed by atoms with E-state index < -0.39 is 5.91 Å². The molecule has 0 unspecified atom stereocenters. The van der Waals surface area contributed by atoms with Crippen LogP contribution in [0.15, 0.2) is 42.5 Å². The standard InChI is InChI=1S/C14H12ClFN2O2/c15-9-1-6-13(20-8-17)12(7-9)14(19)18-11-4-2-10(16)3-5-11/h1-7H,8,17H2,(H,18,19). The Morgan fingerprint density at radius 1 is 1.25 bits per heavy atom. The molecular formula is C14H12ClFN2O2. The van der Waals surface area contributed by atoms with E-state index in [2.05, 4.69) is 5.32 Å². The molecule has 0 saturated carbocycles. The lowest BCUT2D eigenvalue weighted by atomic mass is 10.2. The van der Waals surface area contributed by atoms with Crippen LogP contribution < -0.4 is 15.8 Å². The van der Waals surface area contributed by atoms with Gasteiger partial charge in [0, 0.05) is 10.7 Å². The first-order valence-corrected chi connectivity index (χ1v) is 6.17. The molecule has 4 nitrogen and oxygen atoms in total. The predicted molar refractivity (Wildman–Crippen MR) is 75.5 cm³/mol. The normalized spacial score (nSPS) is 10.2. The quantitative estimate of drug-likeness (QED) is 0.852. The monoisotopic (exact) mass is 294 g/mol. The van der Waals surface area contributed by atoms with Gasteiger partial charge in [-0.1, -0.05) is 11.6 Å². The van der Waals surface area contributed by atoms with Gasteiger partial charge in [0.25, 0.3) is 5.91 Å². The largest absolute Gasteiger partial charge is 0.478 e. The third-order valence-electron chi connectivity index (χ3n) is 2.53. The number of carbonyl (C=O) groups excluding carboxylic acids is 1. The van der Waals surface area contributed by atoms with Crippen molar-refractivity contribution < 1.29 is 13.9 Å². The fourth-order valence-corrected chi connectivity index (χ4v) is 1.80. The molecule has 0 spiro atoms. The molecule has 2 aromatic rings. The Morgan fingerprint density at radius 2 is 1.95 bits per heavy atom. The summed E-state index contributed by atoms with van der Waals surface area (Å²) < 4.78 is 18.0. The van der Waals surface area contributed by atoms with Gasteiger partial charge >= 0.3 is 0 Å². The van der Waals surface area contributed by atoms with Crippen LogP contribution in [-0.4, -0.2) is 12.6 Å². The van der Waals surface area contributed by atoms with Crippen molar-refractivity contribution in [3.8, 4) is 5.75 Å². The third kappa shape index (κ3) is 3.46. The summed E-state index contributed by atoms with van der Waals surface area (Å²) in [5, 5.41) is 3.03. The maximum absolute atomic E-state index is 12.8. The summed E-state index contributed by atoms with van der Waals surface area (Å²) in [5.41, 5.74) is 6.03. The molecule has 0 heterocycles. The van der Waals surface area contributed by atoms with Crippen LogP contribution in [0.5, 0.6) is 5.75 Å². The first kappa shape index (κ1) is 14.3. The summed E-state index contributed by atoms with van der Waals surface area (Å²) in [6.45, 7) is -0.0571. The number of amides is 1. The lowest BCUT2D eigenvalue weighted by Gasteiger charge is -2.11. The molecule has 104 valence electrons. The average molecular weight is 295 g/mol. The van der Waals surface area contributed by atoms with Crippen LogP contribution in [-0.2, 0) is 0 Å². The molecular weight excluding hydrogens is 283 g/mol. The van der Waals surface area contributed by atoms with Gasteiger partial charge < -0.3 is 10.1 Å². The number of halogens is 2. The van der Waals surface area contributed by atoms with Gasteiger partial charge in [-0.2, -0.15) is 0 Å². The molecule has 0 fully saturated rings. The zero-order valence-corrected chi connectivity index (χ0v) is 11.2. The molecule has 0 radical (unpaired) electrons. The molecule has 0 atom stereocenters. The summed E-state index contributed by atoms with van der Waals surface area (Å²) in [5.74, 6) is -0.461. The van der Waals surface area contributed by atoms with E-state index in [1.54, 1.807) is 12.1 Å². The van der Waals surface area contributed by atoms with Crippen LogP contribution in [0.25, 0.3) is 0 Å². The second-order valence-corrected chi connectivity index (χ2v) is 4.35. The highest BCUT2D eigenvalue weighted by Gasteiger charge is 2.13. The number of hydrogen-bond acceptors (Lipinski definition) is 3. The molecule has 0 bridgehead atoms. The molecule has 0 aliphatic rings. The number of benzene rings is 2. The SMILES string of the molecule is NCOc1ccc(Cl)cc1C(=O)Nc1ccc(F)cc1. The Kier molecular flexibility index (Phi) is 4.55. The van der Waals surface area contributed by atoms with Crippen molar-refractivity contribution in [3.05, 3.63) is 58.9 Å². The predicted octanol–water partition coefficient (Wildman–Crippen LogP) is 3.03. The van der Waals surface area contributed by atoms with Gasteiger partial charge in [0.1, 0.15) is 18.3 Å². The first-order chi connectivity index (χ1) is 9.60. The van der Waals surface area contributed by atoms with Crippen molar-refractivity contribution in [2.75, 3.05) is 12.0 Å². The zero-order chi connectivity index (χ0) is 14.5. The van der Waals surface area contributed by atoms with Crippen molar-refractivity contribution in [1.82, 2.24) is 0 Å². The fraction of sp³-hybridized carbons (Fsp3) is 0.0714. The Bertz CT molecular complexity index is 617. The van der Waals surface area contributed by atoms with Crippen molar-refractivity contribution in [2.24, 2.45) is 5.73 Å². The van der Waals surface area contributed by atoms with Gasteiger partial charge in [0.2, 0.25) is 0 Å². The van der Waals surface area contributed by atoms with Gasteiger partial charge in [-0.25, -0.2) is 4.39 Å². The summed E-state index contributed by atoms with van der Waals surface area (Å²) in [7, 11) is 0. The first-order valence-electron chi connectivity index (χ1n) is 5.79. The summed E-state index contributed by atoms with van der Waals surface area (Å²) in [4.78, 5) is 12.2. The van der Waals surface area contributed by atoms with E-state index in [0.29, 0.717) is 16.5 Å². The minimum absolute atomic E-state index is 0.0571. The summed E-state index contributed by atoms with van der Waals surface area (Å²) in [6, 6.07) is 10.1. The number of hydrogen-bond donors (Lipinski definition) is 2. The number of rotatable bonds is 4. The smallest absolute Gasteiger partial charge is 0.259 e. The molecule has 0 saturated heterocycles. The van der Waals surface area contributed by atoms with Gasteiger partial charge in [-0.05, 0) is 42.5 Å². The minimum Gasteiger partial charge on any atom is -0.478 e. The molecule has 1 amide bonds. The van der Waals surface area contributed by atoms with Crippen molar-refractivity contribution in [2.45, 2.75) is 0 Å². The average Bonchev–Trinajstić information content (AvgIpc) is 2.43. The highest BCUT2D eigenvalue weighted by atomic mass is 35.5. The van der Waals surface area contributed by atoms with E-state index in [-0.39, 0.29) is 18.1 Å². The molecule has 0 aliphatic heterocycles. The van der Waals surface area contributed by atoms with Gasteiger partial charge in [-0.15, -0.1) is 0 Å². The molecule has 3 N–H and O–H groups in total. The molecule has 0 aliphatic carbocycles. The second kappa shape index (κ2) is 6.36. The Hall–Kier alpha value is -2.11. The van der Waals surface area contributed by atoms with Crippen LogP contribution in [0.1, 0.15) is 10.4 Å². The Labute approximate surface area is 120 Å². The van der Waals surface area contributed by atoms with E-state index in [1.165, 1.54) is 30.3 Å². The summed E-state index contributed by atoms with van der Waals surface area (Å²) >= 11 is 5.87. The maximum Gasteiger partial charge on any atom is 0.259 e. The van der Waals surface area contributed by atoms with Crippen molar-refractivity contribution in [3.63, 3.8) is 0 Å². The van der Waals surface area contributed by atoms with Gasteiger partial charge in [0.15, 0.2) is 0 Å². The molecule has 6 heteroatoms. The summed E-state index contributed by atoms with van der Waals surface area (Å²) in [6.07, 6.45) is 0. The lowest BCUT2D eigenvalue weighted by molar-refractivity contribution is 0.102. The topological polar surface area (TPSA) is 64.3 Å². The third-order valence-corrected chi connectivity index (χ3v) is 2.76. The van der Waals surface area contributed by atoms with Crippen LogP contribution in [0.2, 0.25) is 5.02 Å². The number of nitrogens with two attached hydrogens (primary N) is 1. The van der Waals surface area contributed by atoms with E-state index in [4.69, 9.17) is 22.1 Å². The minimum atomic E-state index is -0.414. The molecule has 20 heavy (non-hydrogen) atoms. The van der Waals surface area contributed by atoms with E-state index in [1.807, 2.05) is 0 Å². The Balaban J connectivity index is 2.23. The van der Waals surface area contributed by atoms with Crippen molar-refractivity contribution in [1.29, 1.82) is 0 Å². The van der Waals surface area contributed by atoms with Crippen LogP contribution >= 0.6 is 11.6 Å². The van der Waals surface area contributed by atoms with Crippen molar-refractivity contribution >= 4 is 23.2 Å². The fourth-order valence-electron chi connectivity index (χ4n) is 1.63. The number of nitrogens with one attached hydrogen (secondary N) is 1. The van der Waals surface area contributed by atoms with Crippen LogP contribution in [0.4, 0.5) is 10.1 Å². The maximum atomic E-state index is 12.8. The van der Waals surface area contributed by atoms with Crippen LogP contribution in [0, 0.1) is 5.82 Å². The second-order valence-electron chi connectivity index (χ2n) is 3.91. The number of carbonyl (C=O) groups is 1. The number of ether oxygens (including phenoxy) is 1. The highest BCUT2D eigenvalue weighted by Crippen LogP contribution is 2.24. The van der Waals surface area contributed by atoms with E-state index >= 15 is 0 Å². The molecule has 2 rings (SSSR count). The van der Waals surface area contributed by atoms with Gasteiger partial charge in [-0.3, -0.25) is 10.5 Å². The molecule has 2 aromatic carbocycles. The number of anilines is 1. The molecule has 0 aromatic heterocycles. The van der Waals surface area contributed by atoms with Gasteiger partial charge in [0.05, 0.1) is 5.56 Å². The van der Waals surface area contributed by atoms with E-state index in [9.17, 15) is 9.18 Å². The highest BCUT2D eigenvalue weighted by molar-refractivity contribution is 6.31. The van der Waals surface area contributed by atoms with E-state index in [0.717, 1.165) is 0 Å². The Morgan fingerprint density at radius 3 is 2.60 bits per heavy atom.